The van der Waals surface area contributed by atoms with Crippen LogP contribution in [0.15, 0.2) is 24.4 Å². The first-order chi connectivity index (χ1) is 5.70. The van der Waals surface area contributed by atoms with Gasteiger partial charge in [-0.2, -0.15) is 0 Å². The standard InChI is InChI=1S/C9H12N2S/c1-7(6-9(10)12)8-4-2-3-5-11-8/h2-5,7H,6H2,1H3,(H2,10,12). The van der Waals surface area contributed by atoms with Crippen molar-refractivity contribution < 1.29 is 0 Å². The summed E-state index contributed by atoms with van der Waals surface area (Å²) in [5.74, 6) is 0.323. The number of rotatable bonds is 3. The van der Waals surface area contributed by atoms with Gasteiger partial charge in [0.15, 0.2) is 0 Å². The molecule has 0 radical (unpaired) electrons. The van der Waals surface area contributed by atoms with Gasteiger partial charge in [0.1, 0.15) is 0 Å². The Hall–Kier alpha value is -0.960. The van der Waals surface area contributed by atoms with Crippen LogP contribution in [0.25, 0.3) is 0 Å². The molecule has 1 unspecified atom stereocenters. The average molecular weight is 180 g/mol. The predicted octanol–water partition coefficient (Wildman–Crippen LogP) is 1.86. The van der Waals surface area contributed by atoms with Gasteiger partial charge in [-0.05, 0) is 12.1 Å². The van der Waals surface area contributed by atoms with Crippen LogP contribution in [0.5, 0.6) is 0 Å². The van der Waals surface area contributed by atoms with Crippen molar-refractivity contribution >= 4 is 17.2 Å². The molecule has 3 heteroatoms. The number of hydrogen-bond acceptors (Lipinski definition) is 2. The van der Waals surface area contributed by atoms with E-state index in [-0.39, 0.29) is 0 Å². The number of nitrogens with zero attached hydrogens (tertiary/aromatic N) is 1. The van der Waals surface area contributed by atoms with Gasteiger partial charge in [0.2, 0.25) is 0 Å². The van der Waals surface area contributed by atoms with Crippen molar-refractivity contribution in [1.29, 1.82) is 0 Å². The molecule has 0 aliphatic heterocycles. The predicted molar refractivity (Wildman–Crippen MR) is 54.1 cm³/mol. The van der Waals surface area contributed by atoms with E-state index in [0.29, 0.717) is 10.9 Å². The van der Waals surface area contributed by atoms with Gasteiger partial charge in [-0.1, -0.05) is 25.2 Å². The molecule has 1 aromatic heterocycles. The molecule has 0 saturated carbocycles. The average Bonchev–Trinajstić information content (AvgIpc) is 2.05. The molecule has 0 spiro atoms. The molecule has 0 saturated heterocycles. The minimum absolute atomic E-state index is 0.323. The van der Waals surface area contributed by atoms with Crippen LogP contribution in [0.1, 0.15) is 25.0 Å². The van der Waals surface area contributed by atoms with Crippen LogP contribution in [0.4, 0.5) is 0 Å². The Morgan fingerprint density at radius 3 is 2.92 bits per heavy atom. The molecular formula is C9H12N2S. The summed E-state index contributed by atoms with van der Waals surface area (Å²) in [5.41, 5.74) is 6.48. The fraction of sp³-hybridized carbons (Fsp3) is 0.333. The van der Waals surface area contributed by atoms with Crippen molar-refractivity contribution in [1.82, 2.24) is 4.98 Å². The van der Waals surface area contributed by atoms with E-state index < -0.39 is 0 Å². The molecule has 0 aromatic carbocycles. The Kier molecular flexibility index (Phi) is 3.17. The van der Waals surface area contributed by atoms with Crippen molar-refractivity contribution in [2.45, 2.75) is 19.3 Å². The fourth-order valence-corrected chi connectivity index (χ4v) is 1.32. The van der Waals surface area contributed by atoms with Crippen LogP contribution < -0.4 is 5.73 Å². The lowest BCUT2D eigenvalue weighted by atomic mass is 10.0. The molecule has 0 fully saturated rings. The normalized spacial score (nSPS) is 12.4. The summed E-state index contributed by atoms with van der Waals surface area (Å²) in [6, 6.07) is 5.86. The molecule has 2 nitrogen and oxygen atoms in total. The molecule has 0 bridgehead atoms. The second kappa shape index (κ2) is 4.16. The van der Waals surface area contributed by atoms with Crippen molar-refractivity contribution in [3.8, 4) is 0 Å². The molecule has 1 heterocycles. The van der Waals surface area contributed by atoms with Crippen LogP contribution in [-0.4, -0.2) is 9.97 Å². The van der Waals surface area contributed by atoms with E-state index in [1.54, 1.807) is 6.20 Å². The lowest BCUT2D eigenvalue weighted by Gasteiger charge is -2.08. The lowest BCUT2D eigenvalue weighted by molar-refractivity contribution is 0.772. The zero-order chi connectivity index (χ0) is 8.97. The van der Waals surface area contributed by atoms with Crippen molar-refractivity contribution in [3.05, 3.63) is 30.1 Å². The summed E-state index contributed by atoms with van der Waals surface area (Å²) in [4.78, 5) is 4.77. The molecule has 1 rings (SSSR count). The summed E-state index contributed by atoms with van der Waals surface area (Å²) < 4.78 is 0. The highest BCUT2D eigenvalue weighted by Gasteiger charge is 2.06. The molecule has 64 valence electrons. The van der Waals surface area contributed by atoms with Gasteiger partial charge in [-0.3, -0.25) is 4.98 Å². The van der Waals surface area contributed by atoms with E-state index in [1.807, 2.05) is 18.2 Å². The number of nitrogens with two attached hydrogens (primary N) is 1. The Morgan fingerprint density at radius 1 is 1.67 bits per heavy atom. The van der Waals surface area contributed by atoms with Gasteiger partial charge in [0, 0.05) is 24.2 Å². The molecule has 0 aliphatic rings. The maximum absolute atomic E-state index is 5.43. The SMILES string of the molecule is CC(CC(N)=S)c1ccccn1. The monoisotopic (exact) mass is 180 g/mol. The Labute approximate surface area is 77.8 Å². The number of pyridine rings is 1. The summed E-state index contributed by atoms with van der Waals surface area (Å²) in [7, 11) is 0. The van der Waals surface area contributed by atoms with Crippen LogP contribution in [0, 0.1) is 0 Å². The second-order valence-electron chi connectivity index (χ2n) is 2.83. The van der Waals surface area contributed by atoms with Crippen LogP contribution in [0.2, 0.25) is 0 Å². The van der Waals surface area contributed by atoms with E-state index in [4.69, 9.17) is 18.0 Å². The smallest absolute Gasteiger partial charge is 0.0733 e. The minimum atomic E-state index is 0.323. The van der Waals surface area contributed by atoms with Crippen molar-refractivity contribution in [2.75, 3.05) is 0 Å². The van der Waals surface area contributed by atoms with E-state index in [9.17, 15) is 0 Å². The van der Waals surface area contributed by atoms with Crippen molar-refractivity contribution in [3.63, 3.8) is 0 Å². The van der Waals surface area contributed by atoms with Gasteiger partial charge in [-0.25, -0.2) is 0 Å². The maximum atomic E-state index is 5.43. The van der Waals surface area contributed by atoms with Gasteiger partial charge < -0.3 is 5.73 Å². The quantitative estimate of drug-likeness (QED) is 0.722. The summed E-state index contributed by atoms with van der Waals surface area (Å²) >= 11 is 4.82. The summed E-state index contributed by atoms with van der Waals surface area (Å²) in [5, 5.41) is 0. The highest BCUT2D eigenvalue weighted by molar-refractivity contribution is 7.80. The third-order valence-corrected chi connectivity index (χ3v) is 1.87. The first-order valence-electron chi connectivity index (χ1n) is 3.89. The maximum Gasteiger partial charge on any atom is 0.0733 e. The topological polar surface area (TPSA) is 38.9 Å². The third kappa shape index (κ3) is 2.58. The molecular weight excluding hydrogens is 168 g/mol. The second-order valence-corrected chi connectivity index (χ2v) is 3.35. The first-order valence-corrected chi connectivity index (χ1v) is 4.30. The van der Waals surface area contributed by atoms with Gasteiger partial charge in [0.25, 0.3) is 0 Å². The van der Waals surface area contributed by atoms with Crippen LogP contribution in [0.3, 0.4) is 0 Å². The molecule has 1 atom stereocenters. The van der Waals surface area contributed by atoms with E-state index >= 15 is 0 Å². The zero-order valence-corrected chi connectivity index (χ0v) is 7.84. The number of hydrogen-bond donors (Lipinski definition) is 1. The molecule has 0 aliphatic carbocycles. The number of thiocarbonyl (C=S) groups is 1. The van der Waals surface area contributed by atoms with E-state index in [1.165, 1.54) is 0 Å². The summed E-state index contributed by atoms with van der Waals surface area (Å²) in [6.07, 6.45) is 2.51. The lowest BCUT2D eigenvalue weighted by Crippen LogP contribution is -2.11. The molecule has 12 heavy (non-hydrogen) atoms. The Bertz CT molecular complexity index is 258. The minimum Gasteiger partial charge on any atom is -0.393 e. The Morgan fingerprint density at radius 2 is 2.42 bits per heavy atom. The van der Waals surface area contributed by atoms with Crippen molar-refractivity contribution in [2.24, 2.45) is 5.73 Å². The first kappa shape index (κ1) is 9.13. The van der Waals surface area contributed by atoms with E-state index in [2.05, 4.69) is 11.9 Å². The van der Waals surface area contributed by atoms with E-state index in [0.717, 1.165) is 12.1 Å². The molecule has 0 amide bonds. The zero-order valence-electron chi connectivity index (χ0n) is 7.03. The largest absolute Gasteiger partial charge is 0.393 e. The number of aromatic nitrogens is 1. The van der Waals surface area contributed by atoms with Gasteiger partial charge in [0.05, 0.1) is 4.99 Å². The van der Waals surface area contributed by atoms with Crippen LogP contribution >= 0.6 is 12.2 Å². The fourth-order valence-electron chi connectivity index (χ4n) is 1.07. The third-order valence-electron chi connectivity index (χ3n) is 1.70. The Balaban J connectivity index is 2.65. The van der Waals surface area contributed by atoms with Gasteiger partial charge >= 0.3 is 0 Å². The molecule has 1 aromatic rings. The van der Waals surface area contributed by atoms with Gasteiger partial charge in [-0.15, -0.1) is 0 Å². The van der Waals surface area contributed by atoms with Crippen LogP contribution in [-0.2, 0) is 0 Å². The summed E-state index contributed by atoms with van der Waals surface area (Å²) in [6.45, 7) is 2.07. The molecule has 2 N–H and O–H groups in total. The highest BCUT2D eigenvalue weighted by Crippen LogP contribution is 2.15. The highest BCUT2D eigenvalue weighted by atomic mass is 32.1.